The van der Waals surface area contributed by atoms with Crippen molar-refractivity contribution >= 4 is 17.3 Å². The Labute approximate surface area is 97.7 Å². The normalized spacial score (nSPS) is 10.1. The Morgan fingerprint density at radius 1 is 1.50 bits per heavy atom. The predicted molar refractivity (Wildman–Crippen MR) is 63.6 cm³/mol. The van der Waals surface area contributed by atoms with Gasteiger partial charge in [-0.15, -0.1) is 11.3 Å². The van der Waals surface area contributed by atoms with Crippen molar-refractivity contribution in [1.82, 2.24) is 4.98 Å². The summed E-state index contributed by atoms with van der Waals surface area (Å²) in [5, 5.41) is 1.92. The summed E-state index contributed by atoms with van der Waals surface area (Å²) in [6.45, 7) is 2.00. The first-order valence-electron chi connectivity index (χ1n) is 4.81. The number of aromatic nitrogens is 1. The fourth-order valence-corrected chi connectivity index (χ4v) is 2.26. The van der Waals surface area contributed by atoms with Crippen LogP contribution in [0, 0.1) is 6.92 Å². The maximum absolute atomic E-state index is 11.3. The summed E-state index contributed by atoms with van der Waals surface area (Å²) in [6, 6.07) is 5.70. The monoisotopic (exact) mass is 233 g/mol. The van der Waals surface area contributed by atoms with E-state index < -0.39 is 0 Å². The van der Waals surface area contributed by atoms with E-state index in [-0.39, 0.29) is 5.97 Å². The van der Waals surface area contributed by atoms with Gasteiger partial charge in [0.25, 0.3) is 0 Å². The molecule has 0 radical (unpaired) electrons. The van der Waals surface area contributed by atoms with Gasteiger partial charge in [0.15, 0.2) is 0 Å². The van der Waals surface area contributed by atoms with Crippen LogP contribution in [0.5, 0.6) is 0 Å². The molecule has 0 bridgehead atoms. The average Bonchev–Trinajstić information content (AvgIpc) is 2.78. The second-order valence-electron chi connectivity index (χ2n) is 3.36. The molecule has 3 nitrogen and oxygen atoms in total. The molecule has 0 amide bonds. The lowest BCUT2D eigenvalue weighted by Crippen LogP contribution is -1.97. The van der Waals surface area contributed by atoms with E-state index >= 15 is 0 Å². The number of carbonyl (C=O) groups excluding carboxylic acids is 1. The molecule has 2 aromatic rings. The molecule has 2 rings (SSSR count). The third-order valence-electron chi connectivity index (χ3n) is 2.27. The topological polar surface area (TPSA) is 39.2 Å². The number of hydrogen-bond donors (Lipinski definition) is 0. The Morgan fingerprint density at radius 3 is 3.00 bits per heavy atom. The molecule has 0 aliphatic heterocycles. The van der Waals surface area contributed by atoms with E-state index in [0.717, 1.165) is 16.8 Å². The standard InChI is InChI=1S/C12H11NO2S/c1-8-4-3-5-13-11(8)9-6-10(16-7-9)12(14)15-2/h3-7H,1-2H3. The lowest BCUT2D eigenvalue weighted by Gasteiger charge is -2.00. The van der Waals surface area contributed by atoms with Gasteiger partial charge in [-0.05, 0) is 24.6 Å². The minimum absolute atomic E-state index is 0.301. The number of thiophene rings is 1. The molecule has 0 spiro atoms. The Morgan fingerprint density at radius 2 is 2.31 bits per heavy atom. The van der Waals surface area contributed by atoms with Gasteiger partial charge in [0.1, 0.15) is 4.88 Å². The Kier molecular flexibility index (Phi) is 3.01. The predicted octanol–water partition coefficient (Wildman–Crippen LogP) is 2.91. The minimum atomic E-state index is -0.301. The number of carbonyl (C=O) groups is 1. The van der Waals surface area contributed by atoms with Gasteiger partial charge in [0.2, 0.25) is 0 Å². The molecular formula is C12H11NO2S. The zero-order valence-electron chi connectivity index (χ0n) is 9.06. The summed E-state index contributed by atoms with van der Waals surface area (Å²) in [7, 11) is 1.38. The van der Waals surface area contributed by atoms with Gasteiger partial charge < -0.3 is 4.74 Å². The molecule has 82 valence electrons. The highest BCUT2D eigenvalue weighted by Gasteiger charge is 2.11. The van der Waals surface area contributed by atoms with Gasteiger partial charge >= 0.3 is 5.97 Å². The van der Waals surface area contributed by atoms with E-state index in [1.54, 1.807) is 6.20 Å². The van der Waals surface area contributed by atoms with E-state index in [9.17, 15) is 4.79 Å². The fraction of sp³-hybridized carbons (Fsp3) is 0.167. The van der Waals surface area contributed by atoms with Gasteiger partial charge in [-0.1, -0.05) is 6.07 Å². The van der Waals surface area contributed by atoms with Crippen LogP contribution in [0.4, 0.5) is 0 Å². The van der Waals surface area contributed by atoms with Crippen LogP contribution in [0.25, 0.3) is 11.3 Å². The molecule has 0 saturated carbocycles. The summed E-state index contributed by atoms with van der Waals surface area (Å²) < 4.78 is 4.67. The van der Waals surface area contributed by atoms with Crippen LogP contribution in [0.1, 0.15) is 15.2 Å². The third-order valence-corrected chi connectivity index (χ3v) is 3.18. The molecule has 2 aromatic heterocycles. The number of hydrogen-bond acceptors (Lipinski definition) is 4. The van der Waals surface area contributed by atoms with E-state index in [0.29, 0.717) is 4.88 Å². The lowest BCUT2D eigenvalue weighted by molar-refractivity contribution is 0.0606. The molecule has 0 aromatic carbocycles. The summed E-state index contributed by atoms with van der Waals surface area (Å²) in [4.78, 5) is 16.2. The minimum Gasteiger partial charge on any atom is -0.465 e. The van der Waals surface area contributed by atoms with E-state index in [2.05, 4.69) is 9.72 Å². The summed E-state index contributed by atoms with van der Waals surface area (Å²) >= 11 is 1.37. The number of esters is 1. The second-order valence-corrected chi connectivity index (χ2v) is 4.27. The summed E-state index contributed by atoms with van der Waals surface area (Å²) in [5.41, 5.74) is 2.97. The first-order valence-corrected chi connectivity index (χ1v) is 5.69. The van der Waals surface area contributed by atoms with Crippen molar-refractivity contribution in [3.8, 4) is 11.3 Å². The molecule has 0 fully saturated rings. The number of methoxy groups -OCH3 is 1. The molecule has 0 aliphatic carbocycles. The quantitative estimate of drug-likeness (QED) is 0.749. The molecule has 2 heterocycles. The third kappa shape index (κ3) is 1.97. The van der Waals surface area contributed by atoms with Crippen LogP contribution in [0.3, 0.4) is 0 Å². The fourth-order valence-electron chi connectivity index (χ4n) is 1.46. The van der Waals surface area contributed by atoms with Crippen molar-refractivity contribution in [3.05, 3.63) is 40.2 Å². The number of rotatable bonds is 2. The summed E-state index contributed by atoms with van der Waals surface area (Å²) in [6.07, 6.45) is 1.75. The van der Waals surface area contributed by atoms with Crippen LogP contribution >= 0.6 is 11.3 Å². The van der Waals surface area contributed by atoms with Crippen molar-refractivity contribution in [1.29, 1.82) is 0 Å². The van der Waals surface area contributed by atoms with Crippen LogP contribution in [-0.4, -0.2) is 18.1 Å². The largest absolute Gasteiger partial charge is 0.465 e. The molecule has 16 heavy (non-hydrogen) atoms. The number of pyridine rings is 1. The van der Waals surface area contributed by atoms with Gasteiger partial charge in [-0.2, -0.15) is 0 Å². The van der Waals surface area contributed by atoms with Crippen LogP contribution < -0.4 is 0 Å². The zero-order valence-corrected chi connectivity index (χ0v) is 9.88. The Hall–Kier alpha value is -1.68. The van der Waals surface area contributed by atoms with Gasteiger partial charge in [-0.3, -0.25) is 4.98 Å². The van der Waals surface area contributed by atoms with E-state index in [1.165, 1.54) is 18.4 Å². The van der Waals surface area contributed by atoms with Crippen molar-refractivity contribution in [2.45, 2.75) is 6.92 Å². The van der Waals surface area contributed by atoms with Crippen molar-refractivity contribution in [3.63, 3.8) is 0 Å². The van der Waals surface area contributed by atoms with Crippen molar-refractivity contribution < 1.29 is 9.53 Å². The molecule has 0 saturated heterocycles. The molecule has 0 N–H and O–H groups in total. The van der Waals surface area contributed by atoms with Gasteiger partial charge in [-0.25, -0.2) is 4.79 Å². The maximum atomic E-state index is 11.3. The first-order chi connectivity index (χ1) is 7.72. The van der Waals surface area contributed by atoms with Crippen LogP contribution in [0.2, 0.25) is 0 Å². The summed E-state index contributed by atoms with van der Waals surface area (Å²) in [5.74, 6) is -0.301. The van der Waals surface area contributed by atoms with Gasteiger partial charge in [0.05, 0.1) is 12.8 Å². The maximum Gasteiger partial charge on any atom is 0.348 e. The Bertz CT molecular complexity index is 519. The molecule has 0 unspecified atom stereocenters. The highest BCUT2D eigenvalue weighted by molar-refractivity contribution is 7.12. The first kappa shape index (κ1) is 10.8. The molecule has 0 aliphatic rings. The Balaban J connectivity index is 2.39. The average molecular weight is 233 g/mol. The number of ether oxygens (including phenoxy) is 1. The smallest absolute Gasteiger partial charge is 0.348 e. The van der Waals surface area contributed by atoms with Gasteiger partial charge in [0, 0.05) is 17.1 Å². The van der Waals surface area contributed by atoms with Crippen molar-refractivity contribution in [2.24, 2.45) is 0 Å². The van der Waals surface area contributed by atoms with E-state index in [1.807, 2.05) is 30.5 Å². The zero-order chi connectivity index (χ0) is 11.5. The van der Waals surface area contributed by atoms with E-state index in [4.69, 9.17) is 0 Å². The van der Waals surface area contributed by atoms with Crippen molar-refractivity contribution in [2.75, 3.05) is 7.11 Å². The molecule has 4 heteroatoms. The SMILES string of the molecule is COC(=O)c1cc(-c2ncccc2C)cs1. The highest BCUT2D eigenvalue weighted by atomic mass is 32.1. The van der Waals surface area contributed by atoms with Crippen LogP contribution in [0.15, 0.2) is 29.8 Å². The number of aryl methyl sites for hydroxylation is 1. The van der Waals surface area contributed by atoms with Crippen LogP contribution in [-0.2, 0) is 4.74 Å². The number of nitrogens with zero attached hydrogens (tertiary/aromatic N) is 1. The molecular weight excluding hydrogens is 222 g/mol. The molecule has 0 atom stereocenters. The highest BCUT2D eigenvalue weighted by Crippen LogP contribution is 2.26. The lowest BCUT2D eigenvalue weighted by atomic mass is 10.1. The second kappa shape index (κ2) is 4.45.